The van der Waals surface area contributed by atoms with Gasteiger partial charge < -0.3 is 5.11 Å². The zero-order chi connectivity index (χ0) is 10.2. The van der Waals surface area contributed by atoms with Crippen molar-refractivity contribution in [2.24, 2.45) is 11.8 Å². The Kier molecular flexibility index (Phi) is 3.80. The lowest BCUT2D eigenvalue weighted by Gasteiger charge is -2.50. The average molecular weight is 418 g/mol. The van der Waals surface area contributed by atoms with Gasteiger partial charge in [0.05, 0.1) is 7.53 Å². The van der Waals surface area contributed by atoms with E-state index in [0.717, 1.165) is 18.8 Å². The summed E-state index contributed by atoms with van der Waals surface area (Å²) in [4.78, 5) is 0. The van der Waals surface area contributed by atoms with Gasteiger partial charge in [0.25, 0.3) is 0 Å². The summed E-state index contributed by atoms with van der Waals surface area (Å²) < 4.78 is 0.416. The zero-order valence-corrected chi connectivity index (χ0v) is 12.4. The molecule has 0 aromatic heterocycles. The van der Waals surface area contributed by atoms with E-state index in [4.69, 9.17) is 0 Å². The fourth-order valence-electron chi connectivity index (χ4n) is 2.58. The third-order valence-electron chi connectivity index (χ3n) is 3.50. The summed E-state index contributed by atoms with van der Waals surface area (Å²) in [6.45, 7) is 0. The average Bonchev–Trinajstić information content (AvgIpc) is 2.18. The first-order chi connectivity index (χ1) is 6.61. The molecule has 2 rings (SSSR count). The first-order valence-corrected chi connectivity index (χ1v) is 7.48. The van der Waals surface area contributed by atoms with Gasteiger partial charge in [-0.25, -0.2) is 0 Å². The molecule has 1 N–H and O–H groups in total. The number of hydrogen-bond acceptors (Lipinski definition) is 1. The molecule has 80 valence electrons. The molecule has 0 aromatic carbocycles. The molecule has 0 radical (unpaired) electrons. The highest BCUT2D eigenvalue weighted by Gasteiger charge is 2.52. The fraction of sp³-hybridized carbons (Fsp3) is 0.818. The molecule has 2 aliphatic carbocycles. The van der Waals surface area contributed by atoms with E-state index >= 15 is 0 Å². The van der Waals surface area contributed by atoms with E-state index in [0.29, 0.717) is 7.35 Å². The minimum Gasteiger partial charge on any atom is -0.393 e. The summed E-state index contributed by atoms with van der Waals surface area (Å²) in [6.07, 6.45) is 10.1. The summed E-state index contributed by atoms with van der Waals surface area (Å²) in [5.41, 5.74) is 0. The Labute approximate surface area is 113 Å². The summed E-state index contributed by atoms with van der Waals surface area (Å²) in [5, 5.41) is 10.0. The number of alkyl halides is 2. The van der Waals surface area contributed by atoms with E-state index in [9.17, 15) is 5.11 Å². The van der Waals surface area contributed by atoms with Crippen LogP contribution in [0.3, 0.4) is 0 Å². The molecule has 1 fully saturated rings. The highest BCUT2D eigenvalue weighted by atomic mass is 127. The molecule has 0 amide bonds. The van der Waals surface area contributed by atoms with Gasteiger partial charge in [-0.15, -0.1) is 0 Å². The number of aliphatic hydroxyl groups excluding tert-OH is 1. The molecule has 0 spiro atoms. The van der Waals surface area contributed by atoms with Gasteiger partial charge in [-0.05, 0) is 43.9 Å². The zero-order valence-electron chi connectivity index (χ0n) is 8.13. The van der Waals surface area contributed by atoms with Crippen LogP contribution < -0.4 is 0 Å². The van der Waals surface area contributed by atoms with E-state index in [1.54, 1.807) is 0 Å². The van der Waals surface area contributed by atoms with E-state index in [2.05, 4.69) is 57.3 Å². The van der Waals surface area contributed by atoms with Crippen molar-refractivity contribution in [2.45, 2.75) is 39.6 Å². The topological polar surface area (TPSA) is 20.2 Å². The van der Waals surface area contributed by atoms with Crippen molar-refractivity contribution in [3.63, 3.8) is 0 Å². The second-order valence-electron chi connectivity index (χ2n) is 4.43. The van der Waals surface area contributed by atoms with E-state index in [1.807, 2.05) is 0 Å². The molecule has 2 aliphatic rings. The number of hydrogen-bond donors (Lipinski definition) is 1. The maximum atomic E-state index is 10.0. The third kappa shape index (κ3) is 2.29. The number of fused-ring (bicyclic) bond motifs is 1. The van der Waals surface area contributed by atoms with Gasteiger partial charge in [0.15, 0.2) is 0 Å². The second-order valence-corrected chi connectivity index (χ2v) is 10.3. The molecule has 2 unspecified atom stereocenters. The van der Waals surface area contributed by atoms with Crippen LogP contribution in [0.2, 0.25) is 0 Å². The normalized spacial score (nSPS) is 43.8. The van der Waals surface area contributed by atoms with Gasteiger partial charge in [0.2, 0.25) is 0 Å². The lowest BCUT2D eigenvalue weighted by Crippen LogP contribution is -2.49. The van der Waals surface area contributed by atoms with Gasteiger partial charge in [0, 0.05) is 0 Å². The molecule has 0 aliphatic heterocycles. The number of aliphatic hydroxyl groups is 1. The van der Waals surface area contributed by atoms with Crippen molar-refractivity contribution in [2.75, 3.05) is 0 Å². The molecule has 3 heteroatoms. The number of rotatable bonds is 0. The molecule has 1 nitrogen and oxygen atoms in total. The fourth-order valence-corrected chi connectivity index (χ4v) is 5.15. The summed E-state index contributed by atoms with van der Waals surface area (Å²) in [7, 11) is 0. The smallest absolute Gasteiger partial charge is 0.0770 e. The van der Waals surface area contributed by atoms with Crippen LogP contribution in [0.4, 0.5) is 0 Å². The molecule has 3 atom stereocenters. The maximum absolute atomic E-state index is 10.0. The first-order valence-electron chi connectivity index (χ1n) is 5.32. The van der Waals surface area contributed by atoms with Gasteiger partial charge in [0.1, 0.15) is 0 Å². The predicted molar refractivity (Wildman–Crippen MR) is 76.0 cm³/mol. The van der Waals surface area contributed by atoms with Crippen molar-refractivity contribution in [3.8, 4) is 0 Å². The third-order valence-corrected chi connectivity index (χ3v) is 5.98. The Hall–Kier alpha value is 1.16. The number of halogens is 2. The molecule has 14 heavy (non-hydrogen) atoms. The molecular formula is C11H16I2O. The Morgan fingerprint density at radius 1 is 1.14 bits per heavy atom. The Balaban J connectivity index is 2.05. The van der Waals surface area contributed by atoms with Crippen LogP contribution in [-0.2, 0) is 0 Å². The van der Waals surface area contributed by atoms with Gasteiger partial charge in [-0.3, -0.25) is 0 Å². The van der Waals surface area contributed by atoms with Crippen molar-refractivity contribution >= 4 is 45.2 Å². The lowest BCUT2D eigenvalue weighted by atomic mass is 9.68. The minimum atomic E-state index is -0.0552. The van der Waals surface area contributed by atoms with E-state index in [1.165, 1.54) is 19.3 Å². The van der Waals surface area contributed by atoms with Crippen LogP contribution in [0.25, 0.3) is 0 Å². The van der Waals surface area contributed by atoms with Crippen LogP contribution in [0, 0.1) is 11.8 Å². The standard InChI is InChI=1S/C11H16I2O/c12-11(13)7-8-9(11)5-3-1-2-4-6-10(8)14/h1-2,8-10,14H,3-7H2/b2-1+/t8?,9-,10?/m1/s1. The lowest BCUT2D eigenvalue weighted by molar-refractivity contribution is 0.0115. The van der Waals surface area contributed by atoms with Gasteiger partial charge in [-0.1, -0.05) is 57.3 Å². The van der Waals surface area contributed by atoms with E-state index in [-0.39, 0.29) is 6.10 Å². The maximum Gasteiger partial charge on any atom is 0.0770 e. The predicted octanol–water partition coefficient (Wildman–Crippen LogP) is 3.68. The highest BCUT2D eigenvalue weighted by molar-refractivity contribution is 14.2. The molecule has 0 heterocycles. The number of allylic oxidation sites excluding steroid dienone is 2. The van der Waals surface area contributed by atoms with Crippen LogP contribution in [0.5, 0.6) is 0 Å². The Bertz CT molecular complexity index is 237. The highest BCUT2D eigenvalue weighted by Crippen LogP contribution is 2.58. The Morgan fingerprint density at radius 2 is 1.79 bits per heavy atom. The Morgan fingerprint density at radius 3 is 2.43 bits per heavy atom. The molecule has 1 saturated carbocycles. The van der Waals surface area contributed by atoms with Crippen LogP contribution in [0.1, 0.15) is 32.1 Å². The largest absolute Gasteiger partial charge is 0.393 e. The molecular weight excluding hydrogens is 402 g/mol. The quantitative estimate of drug-likeness (QED) is 0.362. The van der Waals surface area contributed by atoms with Gasteiger partial charge >= 0.3 is 0 Å². The summed E-state index contributed by atoms with van der Waals surface area (Å²) >= 11 is 5.13. The van der Waals surface area contributed by atoms with E-state index < -0.39 is 0 Å². The van der Waals surface area contributed by atoms with Crippen LogP contribution >= 0.6 is 45.2 Å². The molecule has 0 saturated heterocycles. The second kappa shape index (κ2) is 4.57. The van der Waals surface area contributed by atoms with Crippen molar-refractivity contribution in [1.29, 1.82) is 0 Å². The summed E-state index contributed by atoms with van der Waals surface area (Å²) in [5.74, 6) is 1.30. The molecule has 0 aromatic rings. The van der Waals surface area contributed by atoms with Crippen molar-refractivity contribution in [3.05, 3.63) is 12.2 Å². The van der Waals surface area contributed by atoms with Crippen molar-refractivity contribution in [1.82, 2.24) is 0 Å². The minimum absolute atomic E-state index is 0.0552. The first kappa shape index (κ1) is 11.6. The van der Waals surface area contributed by atoms with Crippen LogP contribution in [0.15, 0.2) is 12.2 Å². The monoisotopic (exact) mass is 418 g/mol. The van der Waals surface area contributed by atoms with Gasteiger partial charge in [-0.2, -0.15) is 0 Å². The van der Waals surface area contributed by atoms with Crippen LogP contribution in [-0.4, -0.2) is 12.6 Å². The SMILES string of the molecule is OC1CC/C=C/CC[C@@H]2C1CC2(I)I. The van der Waals surface area contributed by atoms with Crippen molar-refractivity contribution < 1.29 is 5.11 Å². The molecule has 0 bridgehead atoms. The summed E-state index contributed by atoms with van der Waals surface area (Å²) in [6, 6.07) is 0.